The van der Waals surface area contributed by atoms with Gasteiger partial charge in [-0.1, -0.05) is 25.4 Å². The van der Waals surface area contributed by atoms with Gasteiger partial charge in [-0.05, 0) is 18.1 Å². The Hall–Kier alpha value is -1.68. The van der Waals surface area contributed by atoms with E-state index in [1.807, 2.05) is 26.0 Å². The summed E-state index contributed by atoms with van der Waals surface area (Å²) in [7, 11) is 1.61. The number of ether oxygens (including phenoxy) is 1. The third-order valence-corrected chi connectivity index (χ3v) is 2.93. The van der Waals surface area contributed by atoms with Crippen molar-refractivity contribution in [2.75, 3.05) is 7.11 Å². The van der Waals surface area contributed by atoms with Gasteiger partial charge in [0, 0.05) is 11.8 Å². The smallest absolute Gasteiger partial charge is 0.146 e. The van der Waals surface area contributed by atoms with Crippen molar-refractivity contribution < 1.29 is 4.74 Å². The average molecular weight is 264 g/mol. The molecule has 0 spiro atoms. The summed E-state index contributed by atoms with van der Waals surface area (Å²) < 4.78 is 5.31. The first-order valence-corrected chi connectivity index (χ1v) is 6.02. The lowest BCUT2D eigenvalue weighted by atomic mass is 10.0. The van der Waals surface area contributed by atoms with Gasteiger partial charge in [0.2, 0.25) is 0 Å². The van der Waals surface area contributed by atoms with E-state index in [1.165, 1.54) is 6.33 Å². The summed E-state index contributed by atoms with van der Waals surface area (Å²) in [6, 6.07) is 3.67. The van der Waals surface area contributed by atoms with Gasteiger partial charge in [-0.15, -0.1) is 0 Å². The topological polar surface area (TPSA) is 47.9 Å². The lowest BCUT2D eigenvalue weighted by Gasteiger charge is -2.14. The van der Waals surface area contributed by atoms with E-state index < -0.39 is 0 Å². The van der Waals surface area contributed by atoms with Gasteiger partial charge in [-0.3, -0.25) is 4.98 Å². The molecule has 0 amide bonds. The minimum absolute atomic E-state index is 0.209. The predicted molar refractivity (Wildman–Crippen MR) is 70.9 cm³/mol. The summed E-state index contributed by atoms with van der Waals surface area (Å²) in [5.41, 5.74) is 2.30. The molecule has 0 aliphatic carbocycles. The van der Waals surface area contributed by atoms with Crippen LogP contribution in [-0.2, 0) is 0 Å². The first kappa shape index (κ1) is 12.8. The summed E-state index contributed by atoms with van der Waals surface area (Å²) in [5.74, 6) is 0.884. The Kier molecular flexibility index (Phi) is 3.77. The number of hydrogen-bond donors (Lipinski definition) is 0. The van der Waals surface area contributed by atoms with Crippen LogP contribution in [0.1, 0.15) is 25.3 Å². The number of methoxy groups -OCH3 is 1. The molecule has 2 aromatic rings. The fraction of sp³-hybridized carbons (Fsp3) is 0.308. The minimum Gasteiger partial charge on any atom is -0.494 e. The van der Waals surface area contributed by atoms with Gasteiger partial charge in [0.1, 0.15) is 28.6 Å². The molecule has 0 N–H and O–H groups in total. The summed E-state index contributed by atoms with van der Waals surface area (Å²) >= 11 is 6.15. The highest BCUT2D eigenvalue weighted by Gasteiger charge is 2.18. The highest BCUT2D eigenvalue weighted by atomic mass is 35.5. The maximum atomic E-state index is 6.15. The number of pyridine rings is 1. The number of rotatable bonds is 3. The van der Waals surface area contributed by atoms with Gasteiger partial charge < -0.3 is 4.74 Å². The zero-order valence-electron chi connectivity index (χ0n) is 10.5. The van der Waals surface area contributed by atoms with Crippen molar-refractivity contribution in [3.63, 3.8) is 0 Å². The van der Waals surface area contributed by atoms with E-state index in [-0.39, 0.29) is 5.92 Å². The minimum atomic E-state index is 0.209. The molecule has 94 valence electrons. The van der Waals surface area contributed by atoms with Crippen molar-refractivity contribution in [3.8, 4) is 17.1 Å². The first-order valence-electron chi connectivity index (χ1n) is 5.65. The second-order valence-corrected chi connectivity index (χ2v) is 4.49. The molecule has 0 saturated heterocycles. The van der Waals surface area contributed by atoms with Crippen LogP contribution in [0.4, 0.5) is 0 Å². The maximum absolute atomic E-state index is 6.15. The normalized spacial score (nSPS) is 10.7. The Morgan fingerprint density at radius 3 is 2.61 bits per heavy atom. The molecule has 0 radical (unpaired) electrons. The second kappa shape index (κ2) is 5.31. The molecule has 5 heteroatoms. The van der Waals surface area contributed by atoms with Gasteiger partial charge in [0.05, 0.1) is 7.11 Å². The monoisotopic (exact) mass is 263 g/mol. The molecule has 0 aliphatic heterocycles. The highest BCUT2D eigenvalue weighted by Crippen LogP contribution is 2.34. The molecular formula is C13H14ClN3O. The Morgan fingerprint density at radius 1 is 1.17 bits per heavy atom. The number of aromatic nitrogens is 3. The zero-order valence-corrected chi connectivity index (χ0v) is 11.3. The van der Waals surface area contributed by atoms with Crippen LogP contribution in [0.25, 0.3) is 11.4 Å². The van der Waals surface area contributed by atoms with E-state index in [2.05, 4.69) is 15.0 Å². The van der Waals surface area contributed by atoms with E-state index in [9.17, 15) is 0 Å². The lowest BCUT2D eigenvalue weighted by Crippen LogP contribution is -2.01. The molecular weight excluding hydrogens is 250 g/mol. The largest absolute Gasteiger partial charge is 0.494 e. The molecule has 4 nitrogen and oxygen atoms in total. The van der Waals surface area contributed by atoms with Crippen molar-refractivity contribution in [1.82, 2.24) is 15.0 Å². The van der Waals surface area contributed by atoms with Crippen LogP contribution in [0, 0.1) is 0 Å². The summed E-state index contributed by atoms with van der Waals surface area (Å²) in [6.07, 6.45) is 3.15. The van der Waals surface area contributed by atoms with Gasteiger partial charge in [-0.25, -0.2) is 9.97 Å². The Morgan fingerprint density at radius 2 is 1.94 bits per heavy atom. The first-order chi connectivity index (χ1) is 8.65. The van der Waals surface area contributed by atoms with E-state index >= 15 is 0 Å². The standard InChI is InChI=1S/C13H14ClN3O/c1-8(2)10-12(16-7-17-13(10)14)11-9(18-3)5-4-6-15-11/h4-8H,1-3H3. The number of nitrogens with zero attached hydrogens (tertiary/aromatic N) is 3. The fourth-order valence-corrected chi connectivity index (χ4v) is 2.16. The van der Waals surface area contributed by atoms with Gasteiger partial charge in [0.15, 0.2) is 0 Å². The Balaban J connectivity index is 2.67. The van der Waals surface area contributed by atoms with E-state index in [0.29, 0.717) is 16.6 Å². The number of halogens is 1. The van der Waals surface area contributed by atoms with Gasteiger partial charge >= 0.3 is 0 Å². The summed E-state index contributed by atoms with van der Waals surface area (Å²) in [4.78, 5) is 12.7. The van der Waals surface area contributed by atoms with Gasteiger partial charge in [0.25, 0.3) is 0 Å². The van der Waals surface area contributed by atoms with E-state index in [4.69, 9.17) is 16.3 Å². The predicted octanol–water partition coefficient (Wildman–Crippen LogP) is 3.32. The van der Waals surface area contributed by atoms with E-state index in [1.54, 1.807) is 13.3 Å². The molecule has 2 heterocycles. The highest BCUT2D eigenvalue weighted by molar-refractivity contribution is 6.30. The summed E-state index contributed by atoms with van der Waals surface area (Å²) in [6.45, 7) is 4.09. The average Bonchev–Trinajstić information content (AvgIpc) is 2.38. The second-order valence-electron chi connectivity index (χ2n) is 4.14. The molecule has 0 aromatic carbocycles. The quantitative estimate of drug-likeness (QED) is 0.797. The fourth-order valence-electron chi connectivity index (χ4n) is 1.81. The van der Waals surface area contributed by atoms with E-state index in [0.717, 1.165) is 11.3 Å². The molecule has 0 atom stereocenters. The van der Waals surface area contributed by atoms with Crippen molar-refractivity contribution in [2.24, 2.45) is 0 Å². The van der Waals surface area contributed by atoms with Crippen LogP contribution in [0.15, 0.2) is 24.7 Å². The molecule has 0 bridgehead atoms. The van der Waals surface area contributed by atoms with Crippen LogP contribution in [0.2, 0.25) is 5.15 Å². The van der Waals surface area contributed by atoms with Crippen molar-refractivity contribution in [1.29, 1.82) is 0 Å². The van der Waals surface area contributed by atoms with Crippen LogP contribution < -0.4 is 4.74 Å². The Bertz CT molecular complexity index is 558. The molecule has 18 heavy (non-hydrogen) atoms. The maximum Gasteiger partial charge on any atom is 0.146 e. The van der Waals surface area contributed by atoms with Crippen LogP contribution in [0.3, 0.4) is 0 Å². The van der Waals surface area contributed by atoms with Gasteiger partial charge in [-0.2, -0.15) is 0 Å². The van der Waals surface area contributed by atoms with Crippen molar-refractivity contribution >= 4 is 11.6 Å². The lowest BCUT2D eigenvalue weighted by molar-refractivity contribution is 0.414. The van der Waals surface area contributed by atoms with Crippen molar-refractivity contribution in [2.45, 2.75) is 19.8 Å². The molecule has 0 fully saturated rings. The number of hydrogen-bond acceptors (Lipinski definition) is 4. The third kappa shape index (κ3) is 2.29. The Labute approximate surface area is 111 Å². The van der Waals surface area contributed by atoms with Crippen LogP contribution >= 0.6 is 11.6 Å². The molecule has 0 saturated carbocycles. The summed E-state index contributed by atoms with van der Waals surface area (Å²) in [5, 5.41) is 0.461. The third-order valence-electron chi connectivity index (χ3n) is 2.63. The molecule has 0 aliphatic rings. The molecule has 2 rings (SSSR count). The molecule has 2 aromatic heterocycles. The SMILES string of the molecule is COc1cccnc1-c1ncnc(Cl)c1C(C)C. The zero-order chi connectivity index (χ0) is 13.1. The van der Waals surface area contributed by atoms with Crippen molar-refractivity contribution in [3.05, 3.63) is 35.4 Å². The molecule has 0 unspecified atom stereocenters. The van der Waals surface area contributed by atoms with Crippen LogP contribution in [0.5, 0.6) is 5.75 Å². The van der Waals surface area contributed by atoms with Crippen LogP contribution in [-0.4, -0.2) is 22.1 Å².